The second kappa shape index (κ2) is 7.04. The van der Waals surface area contributed by atoms with Gasteiger partial charge in [0.25, 0.3) is 0 Å². The van der Waals surface area contributed by atoms with Crippen molar-refractivity contribution in [2.75, 3.05) is 14.2 Å². The smallest absolute Gasteiger partial charge is 0.161 e. The Labute approximate surface area is 135 Å². The topological polar surface area (TPSA) is 18.5 Å². The van der Waals surface area contributed by atoms with Gasteiger partial charge in [0.1, 0.15) is 0 Å². The summed E-state index contributed by atoms with van der Waals surface area (Å²) in [6.45, 7) is 8.96. The summed E-state index contributed by atoms with van der Waals surface area (Å²) in [7, 11) is 3.26. The van der Waals surface area contributed by atoms with Gasteiger partial charge in [-0.05, 0) is 35.4 Å². The molecule has 0 aromatic heterocycles. The van der Waals surface area contributed by atoms with Gasteiger partial charge in [0.2, 0.25) is 0 Å². The molecule has 0 N–H and O–H groups in total. The van der Waals surface area contributed by atoms with Crippen LogP contribution in [0.3, 0.4) is 0 Å². The van der Waals surface area contributed by atoms with Gasteiger partial charge in [0, 0.05) is 4.47 Å². The van der Waals surface area contributed by atoms with Crippen LogP contribution in [0.25, 0.3) is 0 Å². The van der Waals surface area contributed by atoms with Gasteiger partial charge in [-0.25, -0.2) is 0 Å². The summed E-state index contributed by atoms with van der Waals surface area (Å²) < 4.78 is 11.6. The number of methoxy groups -OCH3 is 2. The van der Waals surface area contributed by atoms with Crippen molar-refractivity contribution in [2.24, 2.45) is 11.3 Å². The van der Waals surface area contributed by atoms with Crippen molar-refractivity contribution in [3.8, 4) is 11.5 Å². The van der Waals surface area contributed by atoms with Gasteiger partial charge in [-0.15, -0.1) is 11.6 Å². The van der Waals surface area contributed by atoms with Crippen LogP contribution in [-0.4, -0.2) is 14.2 Å². The molecule has 2 atom stereocenters. The molecule has 0 saturated heterocycles. The maximum atomic E-state index is 6.61. The van der Waals surface area contributed by atoms with Crippen LogP contribution in [0.2, 0.25) is 0 Å². The molecule has 2 nitrogen and oxygen atoms in total. The molecule has 0 heterocycles. The van der Waals surface area contributed by atoms with Crippen molar-refractivity contribution in [2.45, 2.75) is 39.5 Å². The first kappa shape index (κ1) is 17.6. The lowest BCUT2D eigenvalue weighted by atomic mass is 9.79. The van der Waals surface area contributed by atoms with Gasteiger partial charge in [-0.2, -0.15) is 0 Å². The average molecular weight is 364 g/mol. The summed E-state index contributed by atoms with van der Waals surface area (Å²) in [6, 6.07) is 3.86. The Bertz CT molecular complexity index is 455. The Kier molecular flexibility index (Phi) is 6.21. The highest BCUT2D eigenvalue weighted by Gasteiger charge is 2.25. The molecule has 0 radical (unpaired) electrons. The van der Waals surface area contributed by atoms with E-state index in [4.69, 9.17) is 21.1 Å². The van der Waals surface area contributed by atoms with Crippen molar-refractivity contribution in [3.63, 3.8) is 0 Å². The summed E-state index contributed by atoms with van der Waals surface area (Å²) >= 11 is 10.2. The minimum absolute atomic E-state index is 0.0570. The largest absolute Gasteiger partial charge is 0.493 e. The van der Waals surface area contributed by atoms with Gasteiger partial charge in [0.15, 0.2) is 11.5 Å². The molecule has 0 aliphatic rings. The summed E-state index contributed by atoms with van der Waals surface area (Å²) in [5.74, 6) is 1.93. The average Bonchev–Trinajstić information content (AvgIpc) is 2.36. The quantitative estimate of drug-likeness (QED) is 0.614. The molecule has 0 saturated carbocycles. The third kappa shape index (κ3) is 4.29. The number of halogens is 2. The molecule has 114 valence electrons. The monoisotopic (exact) mass is 362 g/mol. The van der Waals surface area contributed by atoms with Crippen LogP contribution < -0.4 is 9.47 Å². The Morgan fingerprint density at radius 3 is 2.10 bits per heavy atom. The molecule has 1 rings (SSSR count). The van der Waals surface area contributed by atoms with Crippen LogP contribution in [-0.2, 0) is 0 Å². The van der Waals surface area contributed by atoms with E-state index in [-0.39, 0.29) is 10.8 Å². The fourth-order valence-corrected chi connectivity index (χ4v) is 3.08. The molecule has 1 aromatic rings. The summed E-state index contributed by atoms with van der Waals surface area (Å²) in [4.78, 5) is 0. The van der Waals surface area contributed by atoms with Gasteiger partial charge in [-0.3, -0.25) is 0 Å². The van der Waals surface area contributed by atoms with Crippen LogP contribution in [0.5, 0.6) is 11.5 Å². The van der Waals surface area contributed by atoms with Crippen LogP contribution in [0.15, 0.2) is 16.6 Å². The Balaban J connectivity index is 3.01. The lowest BCUT2D eigenvalue weighted by Crippen LogP contribution is -2.18. The van der Waals surface area contributed by atoms with E-state index < -0.39 is 0 Å². The number of ether oxygens (including phenoxy) is 2. The fraction of sp³-hybridized carbons (Fsp3) is 0.625. The normalized spacial score (nSPS) is 14.8. The Hall–Kier alpha value is -0.410. The highest BCUT2D eigenvalue weighted by Crippen LogP contribution is 2.42. The maximum Gasteiger partial charge on any atom is 0.161 e. The zero-order chi connectivity index (χ0) is 15.5. The van der Waals surface area contributed by atoms with E-state index in [2.05, 4.69) is 43.6 Å². The molecular weight excluding hydrogens is 340 g/mol. The maximum absolute atomic E-state index is 6.61. The second-order valence-corrected chi connectivity index (χ2v) is 7.58. The fourth-order valence-electron chi connectivity index (χ4n) is 1.90. The third-order valence-corrected chi connectivity index (χ3v) is 4.98. The molecule has 4 heteroatoms. The standard InChI is InChI=1S/C16H24BrClO2/c1-10(16(2,3)4)7-13(18)11-8-14(19-5)15(20-6)9-12(11)17/h8-10,13H,7H2,1-6H3. The highest BCUT2D eigenvalue weighted by molar-refractivity contribution is 9.10. The first-order valence-electron chi connectivity index (χ1n) is 6.76. The number of alkyl halides is 1. The van der Waals surface area contributed by atoms with Crippen LogP contribution in [0.4, 0.5) is 0 Å². The van der Waals surface area contributed by atoms with Crippen molar-refractivity contribution in [1.82, 2.24) is 0 Å². The molecule has 0 aliphatic carbocycles. The van der Waals surface area contributed by atoms with Gasteiger partial charge >= 0.3 is 0 Å². The lowest BCUT2D eigenvalue weighted by Gasteiger charge is -2.29. The van der Waals surface area contributed by atoms with Gasteiger partial charge < -0.3 is 9.47 Å². The summed E-state index contributed by atoms with van der Waals surface area (Å²) in [5.41, 5.74) is 1.29. The van der Waals surface area contributed by atoms with E-state index in [1.165, 1.54) is 0 Å². The molecule has 0 amide bonds. The number of benzene rings is 1. The van der Waals surface area contributed by atoms with E-state index in [0.29, 0.717) is 17.4 Å². The Morgan fingerprint density at radius 1 is 1.15 bits per heavy atom. The zero-order valence-corrected chi connectivity index (χ0v) is 15.4. The number of hydrogen-bond donors (Lipinski definition) is 0. The molecule has 0 fully saturated rings. The first-order chi connectivity index (χ1) is 9.20. The van der Waals surface area contributed by atoms with Crippen LogP contribution >= 0.6 is 27.5 Å². The number of rotatable bonds is 5. The minimum atomic E-state index is -0.0570. The predicted molar refractivity (Wildman–Crippen MR) is 89.1 cm³/mol. The first-order valence-corrected chi connectivity index (χ1v) is 7.99. The van der Waals surface area contributed by atoms with Gasteiger partial charge in [0.05, 0.1) is 19.6 Å². The summed E-state index contributed by atoms with van der Waals surface area (Å²) in [5, 5.41) is -0.0570. The zero-order valence-electron chi connectivity index (χ0n) is 13.1. The highest BCUT2D eigenvalue weighted by atomic mass is 79.9. The van der Waals surface area contributed by atoms with Gasteiger partial charge in [-0.1, -0.05) is 43.6 Å². The van der Waals surface area contributed by atoms with Crippen molar-refractivity contribution < 1.29 is 9.47 Å². The van der Waals surface area contributed by atoms with E-state index in [9.17, 15) is 0 Å². The molecule has 1 aromatic carbocycles. The minimum Gasteiger partial charge on any atom is -0.493 e. The van der Waals surface area contributed by atoms with Crippen molar-refractivity contribution >= 4 is 27.5 Å². The van der Waals surface area contributed by atoms with Crippen LogP contribution in [0.1, 0.15) is 45.1 Å². The number of hydrogen-bond acceptors (Lipinski definition) is 2. The van der Waals surface area contributed by atoms with E-state index in [1.54, 1.807) is 14.2 Å². The van der Waals surface area contributed by atoms with Crippen molar-refractivity contribution in [1.29, 1.82) is 0 Å². The lowest BCUT2D eigenvalue weighted by molar-refractivity contribution is 0.245. The molecule has 0 aliphatic heterocycles. The Morgan fingerprint density at radius 2 is 1.65 bits per heavy atom. The predicted octanol–water partition coefficient (Wildman–Crippen LogP) is 5.82. The van der Waals surface area contributed by atoms with Crippen molar-refractivity contribution in [3.05, 3.63) is 22.2 Å². The molecule has 0 bridgehead atoms. The molecule has 0 spiro atoms. The molecule has 2 unspecified atom stereocenters. The summed E-state index contributed by atoms with van der Waals surface area (Å²) in [6.07, 6.45) is 0.916. The second-order valence-electron chi connectivity index (χ2n) is 6.20. The SMILES string of the molecule is COc1cc(Br)c(C(Cl)CC(C)C(C)(C)C)cc1OC. The van der Waals surface area contributed by atoms with E-state index in [0.717, 1.165) is 16.5 Å². The third-order valence-electron chi connectivity index (χ3n) is 3.88. The van der Waals surface area contributed by atoms with E-state index >= 15 is 0 Å². The molecular formula is C16H24BrClO2. The van der Waals surface area contributed by atoms with E-state index in [1.807, 2.05) is 12.1 Å². The van der Waals surface area contributed by atoms with Crippen LogP contribution in [0, 0.1) is 11.3 Å². The molecule has 20 heavy (non-hydrogen) atoms.